The molecule has 40 heavy (non-hydrogen) atoms. The summed E-state index contributed by atoms with van der Waals surface area (Å²) in [4.78, 5) is 28.1. The van der Waals surface area contributed by atoms with Gasteiger partial charge in [0.25, 0.3) is 5.91 Å². The maximum atomic E-state index is 14.1. The highest BCUT2D eigenvalue weighted by molar-refractivity contribution is 5.88. The van der Waals surface area contributed by atoms with E-state index in [2.05, 4.69) is 0 Å². The number of hydrogen-bond acceptors (Lipinski definition) is 6. The molecule has 2 N–H and O–H groups in total. The van der Waals surface area contributed by atoms with E-state index in [1.54, 1.807) is 13.2 Å². The number of fused-ring (bicyclic) bond motifs is 1. The second-order valence-corrected chi connectivity index (χ2v) is 10.4. The topological polar surface area (TPSA) is 106 Å². The monoisotopic (exact) mass is 545 g/mol. The van der Waals surface area contributed by atoms with Crippen LogP contribution in [0.15, 0.2) is 72.8 Å². The van der Waals surface area contributed by atoms with E-state index in [0.717, 1.165) is 16.7 Å². The van der Waals surface area contributed by atoms with E-state index >= 15 is 0 Å². The van der Waals surface area contributed by atoms with Gasteiger partial charge in [0.1, 0.15) is 12.6 Å². The Morgan fingerprint density at radius 1 is 0.950 bits per heavy atom. The molecule has 5 rings (SSSR count). The lowest BCUT2D eigenvalue weighted by atomic mass is 9.91. The zero-order chi connectivity index (χ0) is 28.1. The predicted molar refractivity (Wildman–Crippen MR) is 148 cm³/mol. The Labute approximate surface area is 234 Å². The number of ether oxygens (including phenoxy) is 3. The van der Waals surface area contributed by atoms with Crippen LogP contribution in [-0.4, -0.2) is 52.3 Å². The number of carbonyl (C=O) groups is 2. The van der Waals surface area contributed by atoms with Gasteiger partial charge in [0.15, 0.2) is 17.6 Å². The van der Waals surface area contributed by atoms with Crippen LogP contribution in [0.1, 0.15) is 54.0 Å². The Hall–Kier alpha value is -3.88. The summed E-state index contributed by atoms with van der Waals surface area (Å²) in [7, 11) is 1.55. The van der Waals surface area contributed by atoms with Gasteiger partial charge in [-0.05, 0) is 48.4 Å². The standard InChI is InChI=1S/C32H35NO7/c1-38-28-17-12-23-19-33(27(32(36)37)18-26(23)30(28)39-20-21-8-4-2-5-9-21)31(35)29(22-10-6-3-7-11-22)40-25-15-13-24(34)14-16-25/h2-12,17,24-25,27,29,34H,13-16,18-20H2,1H3,(H,36,37)/t24-,25-,27-,29-/m0/s1. The van der Waals surface area contributed by atoms with Crippen LogP contribution in [-0.2, 0) is 33.9 Å². The molecule has 3 aromatic carbocycles. The van der Waals surface area contributed by atoms with E-state index in [0.29, 0.717) is 49.4 Å². The predicted octanol–water partition coefficient (Wildman–Crippen LogP) is 4.67. The summed E-state index contributed by atoms with van der Waals surface area (Å²) in [6, 6.07) is 21.5. The minimum Gasteiger partial charge on any atom is -0.493 e. The second kappa shape index (κ2) is 12.5. The van der Waals surface area contributed by atoms with Crippen LogP contribution in [0.5, 0.6) is 11.5 Å². The summed E-state index contributed by atoms with van der Waals surface area (Å²) >= 11 is 0. The Morgan fingerprint density at radius 3 is 2.27 bits per heavy atom. The van der Waals surface area contributed by atoms with Gasteiger partial charge >= 0.3 is 5.97 Å². The third-order valence-electron chi connectivity index (χ3n) is 7.75. The number of benzene rings is 3. The van der Waals surface area contributed by atoms with E-state index < -0.39 is 24.0 Å². The summed E-state index contributed by atoms with van der Waals surface area (Å²) < 4.78 is 18.1. The lowest BCUT2D eigenvalue weighted by Gasteiger charge is -2.38. The average Bonchev–Trinajstić information content (AvgIpc) is 2.99. The lowest BCUT2D eigenvalue weighted by Crippen LogP contribution is -2.51. The van der Waals surface area contributed by atoms with Gasteiger partial charge in [0.2, 0.25) is 0 Å². The van der Waals surface area contributed by atoms with Crippen LogP contribution in [0.25, 0.3) is 0 Å². The number of hydrogen-bond donors (Lipinski definition) is 2. The third kappa shape index (κ3) is 6.13. The number of aliphatic carboxylic acids is 1. The number of methoxy groups -OCH3 is 1. The molecule has 0 aromatic heterocycles. The van der Waals surface area contributed by atoms with E-state index in [9.17, 15) is 19.8 Å². The zero-order valence-corrected chi connectivity index (χ0v) is 22.6. The van der Waals surface area contributed by atoms with Crippen molar-refractivity contribution in [3.63, 3.8) is 0 Å². The SMILES string of the molecule is COc1ccc2c(c1OCc1ccccc1)C[C@@H](C(=O)O)N(C(=O)[C@@H](O[C@H]1CC[C@H](O)CC1)c1ccccc1)C2. The molecular formula is C32H35NO7. The van der Waals surface area contributed by atoms with Crippen molar-refractivity contribution in [3.05, 3.63) is 95.1 Å². The molecule has 0 unspecified atom stereocenters. The van der Waals surface area contributed by atoms with Gasteiger partial charge in [-0.1, -0.05) is 66.7 Å². The van der Waals surface area contributed by atoms with Crippen LogP contribution < -0.4 is 9.47 Å². The molecule has 0 spiro atoms. The van der Waals surface area contributed by atoms with Gasteiger partial charge in [-0.15, -0.1) is 0 Å². The quantitative estimate of drug-likeness (QED) is 0.402. The molecule has 1 amide bonds. The molecule has 0 radical (unpaired) electrons. The summed E-state index contributed by atoms with van der Waals surface area (Å²) in [6.07, 6.45) is 1.10. The molecule has 8 nitrogen and oxygen atoms in total. The molecule has 0 saturated heterocycles. The van der Waals surface area contributed by atoms with Crippen molar-refractivity contribution in [1.82, 2.24) is 4.90 Å². The second-order valence-electron chi connectivity index (χ2n) is 10.4. The van der Waals surface area contributed by atoms with Crippen molar-refractivity contribution in [2.24, 2.45) is 0 Å². The van der Waals surface area contributed by atoms with Gasteiger partial charge in [0, 0.05) is 18.5 Å². The molecular weight excluding hydrogens is 510 g/mol. The average molecular weight is 546 g/mol. The Bertz CT molecular complexity index is 1310. The van der Waals surface area contributed by atoms with Crippen molar-refractivity contribution in [3.8, 4) is 11.5 Å². The van der Waals surface area contributed by atoms with Crippen molar-refractivity contribution in [2.75, 3.05) is 7.11 Å². The van der Waals surface area contributed by atoms with Gasteiger partial charge in [-0.3, -0.25) is 4.79 Å². The lowest BCUT2D eigenvalue weighted by molar-refractivity contribution is -0.161. The normalized spacial score (nSPS) is 21.2. The van der Waals surface area contributed by atoms with Crippen LogP contribution in [0.2, 0.25) is 0 Å². The highest BCUT2D eigenvalue weighted by Gasteiger charge is 2.41. The summed E-state index contributed by atoms with van der Waals surface area (Å²) in [5.74, 6) is -0.469. The molecule has 1 saturated carbocycles. The number of nitrogens with zero attached hydrogens (tertiary/aromatic N) is 1. The number of aliphatic hydroxyl groups excluding tert-OH is 1. The highest BCUT2D eigenvalue weighted by Crippen LogP contribution is 2.40. The van der Waals surface area contributed by atoms with Gasteiger partial charge < -0.3 is 29.3 Å². The van der Waals surface area contributed by atoms with Gasteiger partial charge in [-0.2, -0.15) is 0 Å². The van der Waals surface area contributed by atoms with Crippen molar-refractivity contribution >= 4 is 11.9 Å². The minimum atomic E-state index is -1.10. The molecule has 1 fully saturated rings. The fraction of sp³-hybridized carbons (Fsp3) is 0.375. The Kier molecular flexibility index (Phi) is 8.67. The maximum absolute atomic E-state index is 14.1. The smallest absolute Gasteiger partial charge is 0.326 e. The Balaban J connectivity index is 1.44. The van der Waals surface area contributed by atoms with Gasteiger partial charge in [-0.25, -0.2) is 4.79 Å². The molecule has 1 aliphatic carbocycles. The van der Waals surface area contributed by atoms with Crippen LogP contribution in [0.4, 0.5) is 0 Å². The molecule has 1 heterocycles. The first-order valence-corrected chi connectivity index (χ1v) is 13.7. The highest BCUT2D eigenvalue weighted by atomic mass is 16.5. The molecule has 2 atom stereocenters. The van der Waals surface area contributed by atoms with Crippen LogP contribution >= 0.6 is 0 Å². The molecule has 8 heteroatoms. The van der Waals surface area contributed by atoms with Crippen molar-refractivity contribution in [1.29, 1.82) is 0 Å². The fourth-order valence-corrected chi connectivity index (χ4v) is 5.55. The van der Waals surface area contributed by atoms with E-state index in [1.165, 1.54) is 4.90 Å². The van der Waals surface area contributed by atoms with Gasteiger partial charge in [0.05, 0.1) is 19.3 Å². The molecule has 2 aliphatic rings. The van der Waals surface area contributed by atoms with Crippen molar-refractivity contribution in [2.45, 2.75) is 69.6 Å². The first kappa shape index (κ1) is 27.7. The van der Waals surface area contributed by atoms with E-state index in [4.69, 9.17) is 14.2 Å². The van der Waals surface area contributed by atoms with Crippen LogP contribution in [0, 0.1) is 0 Å². The molecule has 1 aliphatic heterocycles. The van der Waals surface area contributed by atoms with Crippen LogP contribution in [0.3, 0.4) is 0 Å². The number of carboxylic acids is 1. The molecule has 210 valence electrons. The molecule has 0 bridgehead atoms. The fourth-order valence-electron chi connectivity index (χ4n) is 5.55. The summed E-state index contributed by atoms with van der Waals surface area (Å²) in [6.45, 7) is 0.404. The minimum absolute atomic E-state index is 0.0782. The number of carboxylic acid groups (broad SMARTS) is 1. The third-order valence-corrected chi connectivity index (χ3v) is 7.75. The van der Waals surface area contributed by atoms with E-state index in [1.807, 2.05) is 66.7 Å². The Morgan fingerprint density at radius 2 is 1.62 bits per heavy atom. The zero-order valence-electron chi connectivity index (χ0n) is 22.6. The van der Waals surface area contributed by atoms with E-state index in [-0.39, 0.29) is 25.2 Å². The number of rotatable bonds is 9. The summed E-state index contributed by atoms with van der Waals surface area (Å²) in [5.41, 5.74) is 3.19. The summed E-state index contributed by atoms with van der Waals surface area (Å²) in [5, 5.41) is 20.2. The number of carbonyl (C=O) groups excluding carboxylic acids is 1. The number of aliphatic hydroxyl groups is 1. The first-order valence-electron chi connectivity index (χ1n) is 13.7. The number of amides is 1. The maximum Gasteiger partial charge on any atom is 0.326 e. The van der Waals surface area contributed by atoms with Crippen molar-refractivity contribution < 1.29 is 34.0 Å². The molecule has 3 aromatic rings. The largest absolute Gasteiger partial charge is 0.493 e. The first-order chi connectivity index (χ1) is 19.4.